The van der Waals surface area contributed by atoms with Gasteiger partial charge in [-0.1, -0.05) is 19.1 Å². The number of ether oxygens (including phenoxy) is 1. The Morgan fingerprint density at radius 2 is 2.41 bits per heavy atom. The zero-order valence-corrected chi connectivity index (χ0v) is 10.7. The van der Waals surface area contributed by atoms with Crippen LogP contribution in [0.25, 0.3) is 0 Å². The highest BCUT2D eigenvalue weighted by Crippen LogP contribution is 2.30. The topological polar surface area (TPSA) is 73.3 Å². The summed E-state index contributed by atoms with van der Waals surface area (Å²) in [7, 11) is 0. The van der Waals surface area contributed by atoms with Gasteiger partial charge in [-0.15, -0.1) is 0 Å². The lowest BCUT2D eigenvalue weighted by atomic mass is 10.2. The minimum Gasteiger partial charge on any atom is -0.504 e. The van der Waals surface area contributed by atoms with Gasteiger partial charge in [-0.3, -0.25) is 0 Å². The molecule has 1 atom stereocenters. The van der Waals surface area contributed by atoms with Crippen molar-refractivity contribution in [3.8, 4) is 5.75 Å². The van der Waals surface area contributed by atoms with Crippen LogP contribution in [0.2, 0.25) is 0 Å². The Morgan fingerprint density at radius 3 is 2.94 bits per heavy atom. The van der Waals surface area contributed by atoms with Gasteiger partial charge in [-0.25, -0.2) is 4.68 Å². The summed E-state index contributed by atoms with van der Waals surface area (Å²) >= 11 is 4.87. The second-order valence-electron chi connectivity index (χ2n) is 4.13. The molecular weight excluding hydrogens is 238 g/mol. The molecule has 0 radical (unpaired) electrons. The quantitative estimate of drug-likeness (QED) is 0.800. The number of aromatic hydroxyl groups is 1. The van der Waals surface area contributed by atoms with Crippen LogP contribution in [0.15, 0.2) is 0 Å². The molecule has 0 aliphatic carbocycles. The van der Waals surface area contributed by atoms with E-state index < -0.39 is 0 Å². The smallest absolute Gasteiger partial charge is 0.167 e. The Balaban J connectivity index is 2.38. The third kappa shape index (κ3) is 2.28. The average molecular weight is 255 g/mol. The van der Waals surface area contributed by atoms with Crippen molar-refractivity contribution in [1.29, 1.82) is 0 Å². The summed E-state index contributed by atoms with van der Waals surface area (Å²) < 4.78 is 7.39. The SMILES string of the molecule is CCc1c(O)c(C(N)=S)nn1C1CCCCO1. The van der Waals surface area contributed by atoms with Crippen molar-refractivity contribution in [2.24, 2.45) is 5.73 Å². The molecule has 0 bridgehead atoms. The Hall–Kier alpha value is -1.14. The molecule has 1 aliphatic heterocycles. The zero-order valence-electron chi connectivity index (χ0n) is 9.85. The zero-order chi connectivity index (χ0) is 12.4. The van der Waals surface area contributed by atoms with Crippen molar-refractivity contribution >= 4 is 17.2 Å². The van der Waals surface area contributed by atoms with Crippen LogP contribution < -0.4 is 5.73 Å². The van der Waals surface area contributed by atoms with Gasteiger partial charge in [0.25, 0.3) is 0 Å². The van der Waals surface area contributed by atoms with E-state index in [2.05, 4.69) is 5.10 Å². The lowest BCUT2D eigenvalue weighted by Gasteiger charge is -2.24. The monoisotopic (exact) mass is 255 g/mol. The van der Waals surface area contributed by atoms with Gasteiger partial charge in [0.2, 0.25) is 0 Å². The maximum atomic E-state index is 10.0. The lowest BCUT2D eigenvalue weighted by molar-refractivity contribution is -0.0411. The molecule has 0 saturated carbocycles. The van der Waals surface area contributed by atoms with E-state index in [-0.39, 0.29) is 17.0 Å². The molecule has 2 rings (SSSR count). The molecule has 1 unspecified atom stereocenters. The highest BCUT2D eigenvalue weighted by Gasteiger charge is 2.24. The summed E-state index contributed by atoms with van der Waals surface area (Å²) in [5.41, 5.74) is 6.57. The van der Waals surface area contributed by atoms with E-state index >= 15 is 0 Å². The normalized spacial score (nSPS) is 20.4. The molecule has 1 aromatic rings. The van der Waals surface area contributed by atoms with Crippen LogP contribution in [0.3, 0.4) is 0 Å². The van der Waals surface area contributed by atoms with Crippen LogP contribution in [0, 0.1) is 0 Å². The first-order valence-corrected chi connectivity index (χ1v) is 6.27. The van der Waals surface area contributed by atoms with Crippen molar-refractivity contribution in [1.82, 2.24) is 9.78 Å². The third-order valence-electron chi connectivity index (χ3n) is 2.98. The molecule has 1 fully saturated rings. The van der Waals surface area contributed by atoms with Gasteiger partial charge in [0.1, 0.15) is 4.99 Å². The van der Waals surface area contributed by atoms with Crippen LogP contribution in [0.1, 0.15) is 43.8 Å². The van der Waals surface area contributed by atoms with Crippen molar-refractivity contribution in [2.45, 2.75) is 38.8 Å². The number of rotatable bonds is 3. The molecular formula is C11H17N3O2S. The van der Waals surface area contributed by atoms with Crippen LogP contribution in [0.5, 0.6) is 5.75 Å². The largest absolute Gasteiger partial charge is 0.504 e. The second-order valence-corrected chi connectivity index (χ2v) is 4.57. The summed E-state index contributed by atoms with van der Waals surface area (Å²) in [5, 5.41) is 14.3. The van der Waals surface area contributed by atoms with Crippen LogP contribution >= 0.6 is 12.2 Å². The second kappa shape index (κ2) is 5.01. The Kier molecular flexibility index (Phi) is 3.63. The minimum atomic E-state index is -0.104. The van der Waals surface area contributed by atoms with E-state index in [1.807, 2.05) is 6.92 Å². The van der Waals surface area contributed by atoms with Gasteiger partial charge in [-0.05, 0) is 25.7 Å². The van der Waals surface area contributed by atoms with Crippen LogP contribution in [-0.2, 0) is 11.2 Å². The average Bonchev–Trinajstić information content (AvgIpc) is 2.67. The maximum Gasteiger partial charge on any atom is 0.167 e. The van der Waals surface area contributed by atoms with E-state index in [0.29, 0.717) is 12.1 Å². The van der Waals surface area contributed by atoms with Gasteiger partial charge in [-0.2, -0.15) is 5.10 Å². The van der Waals surface area contributed by atoms with Gasteiger partial charge >= 0.3 is 0 Å². The molecule has 94 valence electrons. The number of hydrogen-bond donors (Lipinski definition) is 2. The molecule has 5 nitrogen and oxygen atoms in total. The van der Waals surface area contributed by atoms with Crippen molar-refractivity contribution in [3.05, 3.63) is 11.4 Å². The number of hydrogen-bond acceptors (Lipinski definition) is 4. The fourth-order valence-corrected chi connectivity index (χ4v) is 2.25. The summed E-state index contributed by atoms with van der Waals surface area (Å²) in [6.45, 7) is 2.69. The Labute approximate surface area is 106 Å². The van der Waals surface area contributed by atoms with E-state index in [1.165, 1.54) is 0 Å². The summed E-state index contributed by atoms with van der Waals surface area (Å²) in [4.78, 5) is 0.117. The third-order valence-corrected chi connectivity index (χ3v) is 3.17. The van der Waals surface area contributed by atoms with Gasteiger partial charge < -0.3 is 15.6 Å². The standard InChI is InChI=1S/C11H17N3O2S/c1-2-7-10(15)9(11(12)17)13-14(7)8-5-3-4-6-16-8/h8,15H,2-6H2,1H3,(H2,12,17). The molecule has 1 saturated heterocycles. The van der Waals surface area contributed by atoms with E-state index in [1.54, 1.807) is 4.68 Å². The Bertz CT molecular complexity index is 425. The number of nitrogens with two attached hydrogens (primary N) is 1. The van der Waals surface area contributed by atoms with Crippen LogP contribution in [-0.4, -0.2) is 26.5 Å². The summed E-state index contributed by atoms with van der Waals surface area (Å²) in [5.74, 6) is 0.0918. The van der Waals surface area contributed by atoms with Crippen molar-refractivity contribution in [2.75, 3.05) is 6.61 Å². The Morgan fingerprint density at radius 1 is 1.65 bits per heavy atom. The molecule has 3 N–H and O–H groups in total. The van der Waals surface area contributed by atoms with E-state index in [4.69, 9.17) is 22.7 Å². The van der Waals surface area contributed by atoms with E-state index in [9.17, 15) is 5.11 Å². The molecule has 0 amide bonds. The fourth-order valence-electron chi connectivity index (χ4n) is 2.11. The number of nitrogens with zero attached hydrogens (tertiary/aromatic N) is 2. The first kappa shape index (κ1) is 12.3. The van der Waals surface area contributed by atoms with Crippen molar-refractivity contribution < 1.29 is 9.84 Å². The van der Waals surface area contributed by atoms with Gasteiger partial charge in [0.15, 0.2) is 17.7 Å². The maximum absolute atomic E-state index is 10.0. The summed E-state index contributed by atoms with van der Waals surface area (Å²) in [6.07, 6.45) is 3.66. The number of aromatic nitrogens is 2. The summed E-state index contributed by atoms with van der Waals surface area (Å²) in [6, 6.07) is 0. The molecule has 2 heterocycles. The first-order chi connectivity index (χ1) is 8.15. The highest BCUT2D eigenvalue weighted by atomic mass is 32.1. The molecule has 6 heteroatoms. The van der Waals surface area contributed by atoms with Crippen molar-refractivity contribution in [3.63, 3.8) is 0 Å². The fraction of sp³-hybridized carbons (Fsp3) is 0.636. The van der Waals surface area contributed by atoms with E-state index in [0.717, 1.165) is 31.6 Å². The molecule has 0 aromatic carbocycles. The molecule has 1 aliphatic rings. The highest BCUT2D eigenvalue weighted by molar-refractivity contribution is 7.80. The first-order valence-electron chi connectivity index (χ1n) is 5.87. The predicted octanol–water partition coefficient (Wildman–Crippen LogP) is 1.48. The lowest BCUT2D eigenvalue weighted by Crippen LogP contribution is -2.21. The molecule has 1 aromatic heterocycles. The molecule has 0 spiro atoms. The minimum absolute atomic E-state index is 0.0918. The predicted molar refractivity (Wildman–Crippen MR) is 68.0 cm³/mol. The number of thiocarbonyl (C=S) groups is 1. The molecule has 17 heavy (non-hydrogen) atoms. The van der Waals surface area contributed by atoms with Crippen LogP contribution in [0.4, 0.5) is 0 Å². The van der Waals surface area contributed by atoms with Gasteiger partial charge in [0, 0.05) is 6.61 Å². The van der Waals surface area contributed by atoms with Gasteiger partial charge in [0.05, 0.1) is 5.69 Å².